The standard InChI is InChI=1S/C13H17NO3S/c1-8-6-18-7-9(8)5-14-12(15)10-3-2-4-11(10)13(16)17/h6-7,10-11H,2-5H2,1H3,(H,14,15)(H,16,17)/t10-,11+/m1/s1. The van der Waals surface area contributed by atoms with Gasteiger partial charge < -0.3 is 10.4 Å². The molecular weight excluding hydrogens is 250 g/mol. The van der Waals surface area contributed by atoms with Crippen LogP contribution in [-0.2, 0) is 16.1 Å². The first kappa shape index (κ1) is 13.1. The monoisotopic (exact) mass is 267 g/mol. The molecule has 1 amide bonds. The van der Waals surface area contributed by atoms with Crippen LogP contribution >= 0.6 is 11.3 Å². The minimum absolute atomic E-state index is 0.120. The molecule has 0 spiro atoms. The average molecular weight is 267 g/mol. The Bertz CT molecular complexity index is 455. The molecule has 1 aromatic rings. The van der Waals surface area contributed by atoms with Gasteiger partial charge in [0.05, 0.1) is 11.8 Å². The van der Waals surface area contributed by atoms with Crippen molar-refractivity contribution < 1.29 is 14.7 Å². The molecule has 0 saturated heterocycles. The van der Waals surface area contributed by atoms with Crippen LogP contribution in [0.25, 0.3) is 0 Å². The molecule has 0 bridgehead atoms. The van der Waals surface area contributed by atoms with Gasteiger partial charge in [0.15, 0.2) is 0 Å². The number of hydrogen-bond acceptors (Lipinski definition) is 3. The first-order valence-corrected chi connectivity index (χ1v) is 7.06. The summed E-state index contributed by atoms with van der Waals surface area (Å²) in [6.45, 7) is 2.50. The molecular formula is C13H17NO3S. The molecule has 0 radical (unpaired) electrons. The van der Waals surface area contributed by atoms with E-state index in [1.165, 1.54) is 5.56 Å². The SMILES string of the molecule is Cc1cscc1CNC(=O)[C@@H]1CCC[C@@H]1C(=O)O. The van der Waals surface area contributed by atoms with Crippen LogP contribution in [0, 0.1) is 18.8 Å². The molecule has 1 saturated carbocycles. The zero-order chi connectivity index (χ0) is 13.1. The van der Waals surface area contributed by atoms with Crippen molar-refractivity contribution in [2.24, 2.45) is 11.8 Å². The minimum atomic E-state index is -0.848. The van der Waals surface area contributed by atoms with E-state index in [-0.39, 0.29) is 11.8 Å². The van der Waals surface area contributed by atoms with Gasteiger partial charge in [-0.25, -0.2) is 0 Å². The normalized spacial score (nSPS) is 22.9. The molecule has 98 valence electrons. The smallest absolute Gasteiger partial charge is 0.307 e. The van der Waals surface area contributed by atoms with Crippen LogP contribution in [0.4, 0.5) is 0 Å². The molecule has 2 atom stereocenters. The lowest BCUT2D eigenvalue weighted by Gasteiger charge is -2.15. The maximum Gasteiger partial charge on any atom is 0.307 e. The Kier molecular flexibility index (Phi) is 4.01. The molecule has 1 aliphatic carbocycles. The number of carboxylic acid groups (broad SMARTS) is 1. The van der Waals surface area contributed by atoms with Crippen molar-refractivity contribution in [3.05, 3.63) is 21.9 Å². The lowest BCUT2D eigenvalue weighted by Crippen LogP contribution is -2.34. The van der Waals surface area contributed by atoms with Crippen molar-refractivity contribution >= 4 is 23.2 Å². The van der Waals surface area contributed by atoms with E-state index in [0.29, 0.717) is 19.4 Å². The maximum absolute atomic E-state index is 12.0. The lowest BCUT2D eigenvalue weighted by molar-refractivity contribution is -0.146. The second kappa shape index (κ2) is 5.52. The van der Waals surface area contributed by atoms with E-state index in [9.17, 15) is 9.59 Å². The third-order valence-corrected chi connectivity index (χ3v) is 4.49. The Morgan fingerprint density at radius 3 is 2.72 bits per heavy atom. The van der Waals surface area contributed by atoms with Gasteiger partial charge in [0.2, 0.25) is 5.91 Å². The second-order valence-electron chi connectivity index (χ2n) is 4.78. The molecule has 4 nitrogen and oxygen atoms in total. The van der Waals surface area contributed by atoms with Crippen LogP contribution in [0.5, 0.6) is 0 Å². The number of amides is 1. The predicted molar refractivity (Wildman–Crippen MR) is 69.4 cm³/mol. The van der Waals surface area contributed by atoms with Gasteiger partial charge in [0.1, 0.15) is 0 Å². The van der Waals surface area contributed by atoms with Crippen molar-refractivity contribution in [1.29, 1.82) is 0 Å². The summed E-state index contributed by atoms with van der Waals surface area (Å²) in [6, 6.07) is 0. The Morgan fingerprint density at radius 1 is 1.39 bits per heavy atom. The highest BCUT2D eigenvalue weighted by atomic mass is 32.1. The largest absolute Gasteiger partial charge is 0.481 e. The lowest BCUT2D eigenvalue weighted by atomic mass is 9.95. The van der Waals surface area contributed by atoms with E-state index in [0.717, 1.165) is 12.0 Å². The summed E-state index contributed by atoms with van der Waals surface area (Å²) in [4.78, 5) is 23.0. The number of rotatable bonds is 4. The van der Waals surface area contributed by atoms with Gasteiger partial charge in [-0.2, -0.15) is 11.3 Å². The summed E-state index contributed by atoms with van der Waals surface area (Å²) >= 11 is 1.61. The molecule has 1 aromatic heterocycles. The minimum Gasteiger partial charge on any atom is -0.481 e. The number of hydrogen-bond donors (Lipinski definition) is 2. The van der Waals surface area contributed by atoms with Crippen LogP contribution in [-0.4, -0.2) is 17.0 Å². The first-order valence-electron chi connectivity index (χ1n) is 6.11. The summed E-state index contributed by atoms with van der Waals surface area (Å²) < 4.78 is 0. The highest BCUT2D eigenvalue weighted by molar-refractivity contribution is 7.08. The van der Waals surface area contributed by atoms with Gasteiger partial charge in [-0.15, -0.1) is 0 Å². The van der Waals surface area contributed by atoms with Crippen LogP contribution < -0.4 is 5.32 Å². The van der Waals surface area contributed by atoms with Crippen molar-refractivity contribution in [2.45, 2.75) is 32.7 Å². The van der Waals surface area contributed by atoms with Gasteiger partial charge in [-0.05, 0) is 41.7 Å². The first-order chi connectivity index (χ1) is 8.59. The third kappa shape index (κ3) is 2.72. The molecule has 0 aliphatic heterocycles. The highest BCUT2D eigenvalue weighted by Gasteiger charge is 2.37. The fourth-order valence-electron chi connectivity index (χ4n) is 2.45. The Balaban J connectivity index is 1.92. The van der Waals surface area contributed by atoms with Crippen LogP contribution in [0.15, 0.2) is 10.8 Å². The zero-order valence-corrected chi connectivity index (χ0v) is 11.1. The highest BCUT2D eigenvalue weighted by Crippen LogP contribution is 2.32. The second-order valence-corrected chi connectivity index (χ2v) is 5.52. The van der Waals surface area contributed by atoms with Crippen LogP contribution in [0.3, 0.4) is 0 Å². The summed E-state index contributed by atoms with van der Waals surface area (Å²) in [5, 5.41) is 16.0. The number of carbonyl (C=O) groups excluding carboxylic acids is 1. The number of aryl methyl sites for hydroxylation is 1. The van der Waals surface area contributed by atoms with Gasteiger partial charge in [0, 0.05) is 6.54 Å². The molecule has 1 fully saturated rings. The van der Waals surface area contributed by atoms with E-state index in [4.69, 9.17) is 5.11 Å². The molecule has 1 heterocycles. The van der Waals surface area contributed by atoms with E-state index < -0.39 is 11.9 Å². The van der Waals surface area contributed by atoms with E-state index >= 15 is 0 Å². The number of carbonyl (C=O) groups is 2. The molecule has 0 aromatic carbocycles. The topological polar surface area (TPSA) is 66.4 Å². The van der Waals surface area contributed by atoms with Crippen molar-refractivity contribution in [1.82, 2.24) is 5.32 Å². The van der Waals surface area contributed by atoms with E-state index in [2.05, 4.69) is 5.32 Å². The Morgan fingerprint density at radius 2 is 2.11 bits per heavy atom. The summed E-state index contributed by atoms with van der Waals surface area (Å²) in [5.74, 6) is -1.83. The van der Waals surface area contributed by atoms with Crippen molar-refractivity contribution in [2.75, 3.05) is 0 Å². The number of carboxylic acids is 1. The Hall–Kier alpha value is -1.36. The maximum atomic E-state index is 12.0. The Labute approximate surface area is 110 Å². The van der Waals surface area contributed by atoms with Crippen molar-refractivity contribution in [3.8, 4) is 0 Å². The van der Waals surface area contributed by atoms with Gasteiger partial charge in [-0.1, -0.05) is 6.42 Å². The van der Waals surface area contributed by atoms with E-state index in [1.807, 2.05) is 17.7 Å². The number of thiophene rings is 1. The zero-order valence-electron chi connectivity index (χ0n) is 10.3. The van der Waals surface area contributed by atoms with Crippen LogP contribution in [0.2, 0.25) is 0 Å². The molecule has 2 N–H and O–H groups in total. The van der Waals surface area contributed by atoms with Crippen LogP contribution in [0.1, 0.15) is 30.4 Å². The quantitative estimate of drug-likeness (QED) is 0.878. The molecule has 0 unspecified atom stereocenters. The van der Waals surface area contributed by atoms with Gasteiger partial charge >= 0.3 is 5.97 Å². The van der Waals surface area contributed by atoms with Gasteiger partial charge in [0.25, 0.3) is 0 Å². The van der Waals surface area contributed by atoms with Crippen molar-refractivity contribution in [3.63, 3.8) is 0 Å². The third-order valence-electron chi connectivity index (χ3n) is 3.58. The predicted octanol–water partition coefficient (Wildman–Crippen LogP) is 2.17. The fraction of sp³-hybridized carbons (Fsp3) is 0.538. The summed E-state index contributed by atoms with van der Waals surface area (Å²) in [7, 11) is 0. The summed E-state index contributed by atoms with van der Waals surface area (Å²) in [5.41, 5.74) is 2.28. The molecule has 18 heavy (non-hydrogen) atoms. The molecule has 5 heteroatoms. The summed E-state index contributed by atoms with van der Waals surface area (Å²) in [6.07, 6.45) is 2.13. The fourth-order valence-corrected chi connectivity index (χ4v) is 3.31. The number of aliphatic carboxylic acids is 1. The number of nitrogens with one attached hydrogen (secondary N) is 1. The molecule has 2 rings (SSSR count). The average Bonchev–Trinajstić information content (AvgIpc) is 2.94. The van der Waals surface area contributed by atoms with Gasteiger partial charge in [-0.3, -0.25) is 9.59 Å². The molecule has 1 aliphatic rings. The van der Waals surface area contributed by atoms with E-state index in [1.54, 1.807) is 11.3 Å².